The maximum atomic E-state index is 6.34. The lowest BCUT2D eigenvalue weighted by Gasteiger charge is -2.17. The molecule has 6 heteroatoms. The van der Waals surface area contributed by atoms with Crippen molar-refractivity contribution in [3.05, 3.63) is 118 Å². The van der Waals surface area contributed by atoms with Crippen LogP contribution < -0.4 is 4.74 Å². The van der Waals surface area contributed by atoms with Gasteiger partial charge < -0.3 is 13.8 Å². The lowest BCUT2D eigenvalue weighted by molar-refractivity contribution is 0.193. The molecule has 1 atom stereocenters. The molecule has 166 valence electrons. The van der Waals surface area contributed by atoms with Crippen LogP contribution in [0.4, 0.5) is 0 Å². The lowest BCUT2D eigenvalue weighted by atomic mass is 10.1. The van der Waals surface area contributed by atoms with Crippen molar-refractivity contribution in [3.63, 3.8) is 0 Å². The molecule has 0 aliphatic carbocycles. The van der Waals surface area contributed by atoms with Gasteiger partial charge in [0, 0.05) is 22.7 Å². The average molecular weight is 457 g/mol. The molecule has 0 N–H and O–H groups in total. The van der Waals surface area contributed by atoms with Gasteiger partial charge in [0.2, 0.25) is 11.9 Å². The minimum atomic E-state index is -0.583. The first-order valence-corrected chi connectivity index (χ1v) is 11.1. The first-order chi connectivity index (χ1) is 16.0. The Bertz CT molecular complexity index is 1360. The third-order valence-electron chi connectivity index (χ3n) is 5.68. The van der Waals surface area contributed by atoms with Gasteiger partial charge in [-0.15, -0.1) is 18.5 Å². The van der Waals surface area contributed by atoms with Crippen LogP contribution in [0.25, 0.3) is 11.4 Å². The van der Waals surface area contributed by atoms with Crippen molar-refractivity contribution in [2.75, 3.05) is 0 Å². The Kier molecular flexibility index (Phi) is 5.80. The predicted octanol–water partition coefficient (Wildman–Crippen LogP) is 6.74. The highest BCUT2D eigenvalue weighted by molar-refractivity contribution is 6.30. The van der Waals surface area contributed by atoms with Gasteiger partial charge in [0.25, 0.3) is 5.89 Å². The van der Waals surface area contributed by atoms with E-state index in [1.165, 1.54) is 11.1 Å². The summed E-state index contributed by atoms with van der Waals surface area (Å²) in [4.78, 5) is 4.67. The number of rotatable bonds is 7. The van der Waals surface area contributed by atoms with Crippen molar-refractivity contribution in [2.45, 2.75) is 26.5 Å². The zero-order valence-electron chi connectivity index (χ0n) is 18.4. The van der Waals surface area contributed by atoms with E-state index in [4.69, 9.17) is 20.9 Å². The van der Waals surface area contributed by atoms with E-state index in [0.717, 1.165) is 29.0 Å². The third-order valence-corrected chi connectivity index (χ3v) is 5.92. The molecule has 3 aromatic carbocycles. The lowest BCUT2D eigenvalue weighted by Crippen LogP contribution is -2.10. The third kappa shape index (κ3) is 4.73. The van der Waals surface area contributed by atoms with E-state index < -0.39 is 6.10 Å². The monoisotopic (exact) mass is 456 g/mol. The van der Waals surface area contributed by atoms with Crippen molar-refractivity contribution in [3.8, 4) is 17.1 Å². The summed E-state index contributed by atoms with van der Waals surface area (Å²) in [5.41, 5.74) is 5.28. The van der Waals surface area contributed by atoms with Crippen molar-refractivity contribution < 1.29 is 9.26 Å². The first kappa shape index (κ1) is 21.2. The molecule has 0 saturated carbocycles. The molecule has 33 heavy (non-hydrogen) atoms. The number of nitrogens with zero attached hydrogens (tertiary/aromatic N) is 3. The molecule has 0 saturated heterocycles. The molecule has 5 nitrogen and oxygen atoms in total. The number of aromatic nitrogens is 3. The summed E-state index contributed by atoms with van der Waals surface area (Å²) in [5, 5.41) is 4.84. The minimum absolute atomic E-state index is 0.370. The van der Waals surface area contributed by atoms with Gasteiger partial charge in [-0.05, 0) is 54.8 Å². The van der Waals surface area contributed by atoms with E-state index in [9.17, 15) is 0 Å². The van der Waals surface area contributed by atoms with Gasteiger partial charge in [0.1, 0.15) is 5.75 Å². The SMILES string of the molecule is Cc1ccc(OC(c2cccc(Cl)c2)c2nc(-c3ccc(Cn4cc[cH-]4)cc3)no2)cc1C. The molecular weight excluding hydrogens is 434 g/mol. The molecular formula is C27H23ClN3O2-. The van der Waals surface area contributed by atoms with E-state index in [-0.39, 0.29) is 0 Å². The van der Waals surface area contributed by atoms with Crippen molar-refractivity contribution in [1.29, 1.82) is 0 Å². The van der Waals surface area contributed by atoms with Crippen LogP contribution in [0.3, 0.4) is 0 Å². The zero-order chi connectivity index (χ0) is 22.8. The van der Waals surface area contributed by atoms with Crippen LogP contribution in [0, 0.1) is 13.8 Å². The van der Waals surface area contributed by atoms with E-state index in [1.807, 2.05) is 73.1 Å². The van der Waals surface area contributed by atoms with Gasteiger partial charge in [0.05, 0.1) is 0 Å². The van der Waals surface area contributed by atoms with Crippen LogP contribution in [0.2, 0.25) is 5.02 Å². The molecule has 1 unspecified atom stereocenters. The number of aryl methyl sites for hydroxylation is 2. The Labute approximate surface area is 197 Å². The quantitative estimate of drug-likeness (QED) is 0.254. The van der Waals surface area contributed by atoms with E-state index in [1.54, 1.807) is 0 Å². The van der Waals surface area contributed by atoms with Gasteiger partial charge in [0.15, 0.2) is 0 Å². The molecule has 5 rings (SSSR count). The molecule has 2 aromatic heterocycles. The maximum absolute atomic E-state index is 6.34. The number of benzene rings is 3. The van der Waals surface area contributed by atoms with Crippen LogP contribution in [-0.2, 0) is 6.54 Å². The van der Waals surface area contributed by atoms with Crippen molar-refractivity contribution in [1.82, 2.24) is 14.7 Å². The number of hydrogen-bond acceptors (Lipinski definition) is 4. The van der Waals surface area contributed by atoms with E-state index in [0.29, 0.717) is 16.7 Å². The minimum Gasteiger partial charge on any atom is -0.476 e. The Morgan fingerprint density at radius 2 is 1.85 bits per heavy atom. The second-order valence-corrected chi connectivity index (χ2v) is 8.55. The molecule has 5 aromatic rings. The smallest absolute Gasteiger partial charge is 0.272 e. The normalized spacial score (nSPS) is 12.1. The zero-order valence-corrected chi connectivity index (χ0v) is 19.2. The van der Waals surface area contributed by atoms with Crippen molar-refractivity contribution >= 4 is 11.6 Å². The fourth-order valence-electron chi connectivity index (χ4n) is 3.60. The van der Waals surface area contributed by atoms with Crippen LogP contribution in [0.1, 0.15) is 34.2 Å². The topological polar surface area (TPSA) is 53.1 Å². The molecule has 0 aliphatic rings. The van der Waals surface area contributed by atoms with Gasteiger partial charge in [-0.1, -0.05) is 59.2 Å². The molecule has 0 spiro atoms. The Morgan fingerprint density at radius 3 is 2.55 bits per heavy atom. The molecule has 0 radical (unpaired) electrons. The summed E-state index contributed by atoms with van der Waals surface area (Å²) in [6.07, 6.45) is 3.51. The average Bonchev–Trinajstić information content (AvgIpc) is 3.27. The van der Waals surface area contributed by atoms with E-state index >= 15 is 0 Å². The predicted molar refractivity (Wildman–Crippen MR) is 129 cm³/mol. The summed E-state index contributed by atoms with van der Waals surface area (Å²) in [6, 6.07) is 23.7. The Morgan fingerprint density at radius 1 is 1.03 bits per heavy atom. The highest BCUT2D eigenvalue weighted by Gasteiger charge is 2.24. The molecule has 0 bridgehead atoms. The summed E-state index contributed by atoms with van der Waals surface area (Å²) in [7, 11) is 0. The molecule has 0 aliphatic heterocycles. The molecule has 0 amide bonds. The van der Waals surface area contributed by atoms with Crippen LogP contribution in [-0.4, -0.2) is 14.7 Å². The summed E-state index contributed by atoms with van der Waals surface area (Å²) in [6.45, 7) is 4.97. The highest BCUT2D eigenvalue weighted by atomic mass is 35.5. The summed E-state index contributed by atoms with van der Waals surface area (Å²) >= 11 is 6.26. The Hall–Kier alpha value is -3.70. The molecule has 0 fully saturated rings. The van der Waals surface area contributed by atoms with Gasteiger partial charge >= 0.3 is 0 Å². The molecule has 2 heterocycles. The fraction of sp³-hybridized carbons (Fsp3) is 0.148. The number of hydrogen-bond donors (Lipinski definition) is 0. The number of halogens is 1. The summed E-state index contributed by atoms with van der Waals surface area (Å²) in [5.74, 6) is 1.61. The maximum Gasteiger partial charge on any atom is 0.272 e. The van der Waals surface area contributed by atoms with Gasteiger partial charge in [-0.3, -0.25) is 0 Å². The number of ether oxygens (including phenoxy) is 1. The highest BCUT2D eigenvalue weighted by Crippen LogP contribution is 2.31. The Balaban J connectivity index is 1.44. The van der Waals surface area contributed by atoms with Gasteiger partial charge in [-0.2, -0.15) is 4.98 Å². The first-order valence-electron chi connectivity index (χ1n) is 10.7. The van der Waals surface area contributed by atoms with Crippen LogP contribution >= 0.6 is 11.6 Å². The van der Waals surface area contributed by atoms with E-state index in [2.05, 4.69) is 40.7 Å². The van der Waals surface area contributed by atoms with Crippen molar-refractivity contribution in [2.24, 2.45) is 0 Å². The standard InChI is InChI=1S/C27H23ClN3O2/c1-18-7-12-24(15-19(18)2)32-25(22-5-3-6-23(28)16-22)27-29-26(30-33-27)21-10-8-20(9-11-21)17-31-13-4-14-31/h3-16,25H,17H2,1-2H3/q-1. The van der Waals surface area contributed by atoms with Crippen LogP contribution in [0.5, 0.6) is 5.75 Å². The van der Waals surface area contributed by atoms with Gasteiger partial charge in [-0.25, -0.2) is 0 Å². The largest absolute Gasteiger partial charge is 0.476 e. The van der Waals surface area contributed by atoms with Crippen LogP contribution in [0.15, 0.2) is 89.7 Å². The fourth-order valence-corrected chi connectivity index (χ4v) is 3.79. The second kappa shape index (κ2) is 9.04. The summed E-state index contributed by atoms with van der Waals surface area (Å²) < 4.78 is 14.1. The second-order valence-electron chi connectivity index (χ2n) is 8.12.